The second-order valence-electron chi connectivity index (χ2n) is 6.92. The highest BCUT2D eigenvalue weighted by molar-refractivity contribution is 5.95. The first-order valence-corrected chi connectivity index (χ1v) is 8.31. The van der Waals surface area contributed by atoms with E-state index in [4.69, 9.17) is 4.74 Å². The van der Waals surface area contributed by atoms with E-state index in [0.29, 0.717) is 16.8 Å². The fraction of sp³-hybridized carbons (Fsp3) is 0.300. The molecule has 2 amide bonds. The summed E-state index contributed by atoms with van der Waals surface area (Å²) >= 11 is 0. The van der Waals surface area contributed by atoms with Crippen LogP contribution in [0.15, 0.2) is 48.5 Å². The summed E-state index contributed by atoms with van der Waals surface area (Å²) in [6.45, 7) is 7.04. The molecule has 138 valence electrons. The number of carbonyl (C=O) groups excluding carboxylic acids is 2. The number of hydrogen-bond acceptors (Lipinski definition) is 3. The van der Waals surface area contributed by atoms with E-state index in [1.807, 2.05) is 0 Å². The summed E-state index contributed by atoms with van der Waals surface area (Å²) in [6, 6.07) is 12.2. The zero-order valence-corrected chi connectivity index (χ0v) is 15.3. The minimum absolute atomic E-state index is 0.329. The van der Waals surface area contributed by atoms with Gasteiger partial charge in [-0.25, -0.2) is 9.18 Å². The van der Waals surface area contributed by atoms with Crippen LogP contribution in [0.2, 0.25) is 0 Å². The van der Waals surface area contributed by atoms with Crippen LogP contribution in [0.3, 0.4) is 0 Å². The van der Waals surface area contributed by atoms with E-state index in [9.17, 15) is 14.0 Å². The van der Waals surface area contributed by atoms with E-state index in [1.54, 1.807) is 70.2 Å². The van der Waals surface area contributed by atoms with E-state index >= 15 is 0 Å². The average Bonchev–Trinajstić information content (AvgIpc) is 2.53. The van der Waals surface area contributed by atoms with Crippen molar-refractivity contribution in [2.45, 2.75) is 39.3 Å². The summed E-state index contributed by atoms with van der Waals surface area (Å²) in [5, 5.41) is 5.35. The molecule has 0 saturated carbocycles. The maximum absolute atomic E-state index is 13.8. The van der Waals surface area contributed by atoms with Gasteiger partial charge in [0.15, 0.2) is 0 Å². The lowest BCUT2D eigenvalue weighted by atomic mass is 10.1. The van der Waals surface area contributed by atoms with Gasteiger partial charge in [0.05, 0.1) is 6.04 Å². The highest BCUT2D eigenvalue weighted by Gasteiger charge is 2.17. The van der Waals surface area contributed by atoms with E-state index in [-0.39, 0.29) is 11.7 Å². The largest absolute Gasteiger partial charge is 0.444 e. The second-order valence-corrected chi connectivity index (χ2v) is 6.92. The van der Waals surface area contributed by atoms with Crippen molar-refractivity contribution >= 4 is 17.7 Å². The summed E-state index contributed by atoms with van der Waals surface area (Å²) in [5.41, 5.74) is 0.747. The van der Waals surface area contributed by atoms with Crippen LogP contribution in [0.4, 0.5) is 14.9 Å². The van der Waals surface area contributed by atoms with E-state index in [2.05, 4.69) is 10.6 Å². The van der Waals surface area contributed by atoms with Crippen molar-refractivity contribution in [1.82, 2.24) is 5.32 Å². The molecule has 26 heavy (non-hydrogen) atoms. The molecule has 0 aliphatic heterocycles. The highest BCUT2D eigenvalue weighted by Crippen LogP contribution is 2.18. The third kappa shape index (κ3) is 5.58. The van der Waals surface area contributed by atoms with Gasteiger partial charge >= 0.3 is 6.09 Å². The summed E-state index contributed by atoms with van der Waals surface area (Å²) in [4.78, 5) is 24.0. The smallest absolute Gasteiger partial charge is 0.412 e. The van der Waals surface area contributed by atoms with Gasteiger partial charge in [-0.05, 0) is 58.0 Å². The van der Waals surface area contributed by atoms with Crippen LogP contribution in [-0.4, -0.2) is 17.6 Å². The fourth-order valence-corrected chi connectivity index (χ4v) is 2.31. The zero-order chi connectivity index (χ0) is 19.3. The Hall–Kier alpha value is -2.89. The van der Waals surface area contributed by atoms with Crippen LogP contribution in [0.5, 0.6) is 0 Å². The first kappa shape index (κ1) is 19.4. The molecule has 2 aromatic rings. The second kappa shape index (κ2) is 7.99. The lowest BCUT2D eigenvalue weighted by Gasteiger charge is -2.19. The van der Waals surface area contributed by atoms with Crippen LogP contribution < -0.4 is 10.6 Å². The van der Waals surface area contributed by atoms with Gasteiger partial charge in [0.1, 0.15) is 11.4 Å². The van der Waals surface area contributed by atoms with Crippen LogP contribution in [0.1, 0.15) is 49.7 Å². The van der Waals surface area contributed by atoms with Crippen molar-refractivity contribution < 1.29 is 18.7 Å². The molecule has 0 saturated heterocycles. The quantitative estimate of drug-likeness (QED) is 0.835. The Bertz CT molecular complexity index is 782. The molecule has 0 aliphatic carbocycles. The molecule has 2 aromatic carbocycles. The van der Waals surface area contributed by atoms with E-state index in [0.717, 1.165) is 0 Å². The van der Waals surface area contributed by atoms with Gasteiger partial charge in [-0.1, -0.05) is 18.2 Å². The molecule has 0 aromatic heterocycles. The third-order valence-corrected chi connectivity index (χ3v) is 3.51. The number of nitrogens with one attached hydrogen (secondary N) is 2. The molecule has 5 nitrogen and oxygen atoms in total. The molecule has 6 heteroatoms. The van der Waals surface area contributed by atoms with E-state index < -0.39 is 17.7 Å². The van der Waals surface area contributed by atoms with Crippen LogP contribution >= 0.6 is 0 Å². The van der Waals surface area contributed by atoms with Gasteiger partial charge < -0.3 is 10.1 Å². The first-order chi connectivity index (χ1) is 12.2. The summed E-state index contributed by atoms with van der Waals surface area (Å²) in [6.07, 6.45) is -0.567. The molecule has 1 atom stereocenters. The molecule has 0 bridgehead atoms. The lowest BCUT2D eigenvalue weighted by molar-refractivity contribution is 0.0635. The number of hydrogen-bond donors (Lipinski definition) is 2. The van der Waals surface area contributed by atoms with Crippen molar-refractivity contribution in [2.24, 2.45) is 0 Å². The maximum Gasteiger partial charge on any atom is 0.412 e. The van der Waals surface area contributed by atoms with Crippen molar-refractivity contribution in [3.8, 4) is 0 Å². The summed E-state index contributed by atoms with van der Waals surface area (Å²) in [7, 11) is 0. The van der Waals surface area contributed by atoms with Gasteiger partial charge in [0, 0.05) is 16.8 Å². The number of ether oxygens (including phenoxy) is 1. The predicted molar refractivity (Wildman–Crippen MR) is 98.6 cm³/mol. The number of rotatable bonds is 4. The van der Waals surface area contributed by atoms with E-state index in [1.165, 1.54) is 6.07 Å². The van der Waals surface area contributed by atoms with Crippen molar-refractivity contribution in [2.75, 3.05) is 5.32 Å². The average molecular weight is 358 g/mol. The van der Waals surface area contributed by atoms with Gasteiger partial charge in [-0.2, -0.15) is 0 Å². The van der Waals surface area contributed by atoms with Crippen LogP contribution in [0, 0.1) is 5.82 Å². The Morgan fingerprint density at radius 2 is 1.65 bits per heavy atom. The number of amides is 2. The Balaban J connectivity index is 1.98. The molecular weight excluding hydrogens is 335 g/mol. The fourth-order valence-electron chi connectivity index (χ4n) is 2.31. The number of anilines is 1. The molecule has 2 rings (SSSR count). The lowest BCUT2D eigenvalue weighted by Crippen LogP contribution is -2.28. The minimum Gasteiger partial charge on any atom is -0.444 e. The third-order valence-electron chi connectivity index (χ3n) is 3.51. The number of benzene rings is 2. The van der Waals surface area contributed by atoms with Crippen molar-refractivity contribution in [3.63, 3.8) is 0 Å². The molecule has 0 fully saturated rings. The van der Waals surface area contributed by atoms with Crippen LogP contribution in [-0.2, 0) is 4.74 Å². The summed E-state index contributed by atoms with van der Waals surface area (Å²) in [5.74, 6) is -0.693. The molecule has 0 heterocycles. The van der Waals surface area contributed by atoms with Crippen LogP contribution in [0.25, 0.3) is 0 Å². The zero-order valence-electron chi connectivity index (χ0n) is 15.3. The normalized spacial score (nSPS) is 12.2. The predicted octanol–water partition coefficient (Wildman–Crippen LogP) is 4.66. The van der Waals surface area contributed by atoms with Gasteiger partial charge in [-0.3, -0.25) is 10.1 Å². The molecule has 0 aliphatic rings. The topological polar surface area (TPSA) is 67.4 Å². The van der Waals surface area contributed by atoms with Gasteiger partial charge in [0.2, 0.25) is 0 Å². The Morgan fingerprint density at radius 3 is 2.23 bits per heavy atom. The Labute approximate surface area is 152 Å². The standard InChI is InChI=1S/C20H23FN2O3/c1-13(16-7-5-6-8-17(16)21)22-18(24)14-9-11-15(12-10-14)23-19(25)26-20(2,3)4/h5-13H,1-4H3,(H,22,24)(H,23,25)/t13-/m1/s1. The molecule has 0 unspecified atom stereocenters. The molecule has 2 N–H and O–H groups in total. The van der Waals surface area contributed by atoms with Crippen molar-refractivity contribution in [3.05, 3.63) is 65.5 Å². The number of halogens is 1. The minimum atomic E-state index is -0.591. The Morgan fingerprint density at radius 1 is 1.04 bits per heavy atom. The molecule has 0 radical (unpaired) electrons. The summed E-state index contributed by atoms with van der Waals surface area (Å²) < 4.78 is 18.9. The maximum atomic E-state index is 13.8. The van der Waals surface area contributed by atoms with Crippen molar-refractivity contribution in [1.29, 1.82) is 0 Å². The SMILES string of the molecule is C[C@@H](NC(=O)c1ccc(NC(=O)OC(C)(C)C)cc1)c1ccccc1F. The highest BCUT2D eigenvalue weighted by atomic mass is 19.1. The molecule has 0 spiro atoms. The number of carbonyl (C=O) groups is 2. The Kier molecular flexibility index (Phi) is 5.97. The first-order valence-electron chi connectivity index (χ1n) is 8.31. The van der Waals surface area contributed by atoms with Gasteiger partial charge in [-0.15, -0.1) is 0 Å². The van der Waals surface area contributed by atoms with Gasteiger partial charge in [0.25, 0.3) is 5.91 Å². The molecular formula is C20H23FN2O3. The monoisotopic (exact) mass is 358 g/mol.